The van der Waals surface area contributed by atoms with Crippen molar-refractivity contribution in [2.24, 2.45) is 5.92 Å². The Morgan fingerprint density at radius 1 is 1.30 bits per heavy atom. The first-order valence-corrected chi connectivity index (χ1v) is 8.85. The van der Waals surface area contributed by atoms with E-state index < -0.39 is 0 Å². The van der Waals surface area contributed by atoms with Gasteiger partial charge in [-0.25, -0.2) is 0 Å². The van der Waals surface area contributed by atoms with Gasteiger partial charge in [0.05, 0.1) is 6.61 Å². The van der Waals surface area contributed by atoms with Crippen LogP contribution in [0.1, 0.15) is 53.4 Å². The summed E-state index contributed by atoms with van der Waals surface area (Å²) in [5, 5.41) is 0. The van der Waals surface area contributed by atoms with Gasteiger partial charge in [0.25, 0.3) is 0 Å². The van der Waals surface area contributed by atoms with E-state index >= 15 is 0 Å². The minimum absolute atomic E-state index is 0.603. The highest BCUT2D eigenvalue weighted by Gasteiger charge is 2.01. The topological polar surface area (TPSA) is 21.7 Å². The number of rotatable bonds is 13. The number of nitrogens with zero attached hydrogens (tertiary/aromatic N) is 1. The first kappa shape index (κ1) is 21.8. The maximum atomic E-state index is 5.89. The van der Waals surface area contributed by atoms with Crippen LogP contribution >= 0.6 is 0 Å². The van der Waals surface area contributed by atoms with E-state index in [4.69, 9.17) is 9.47 Å². The molecule has 0 heterocycles. The minimum Gasteiger partial charge on any atom is -0.494 e. The average Bonchev–Trinajstić information content (AvgIpc) is 2.52. The van der Waals surface area contributed by atoms with Crippen molar-refractivity contribution in [2.75, 3.05) is 33.9 Å². The molecule has 0 aliphatic carbocycles. The van der Waals surface area contributed by atoms with Gasteiger partial charge >= 0.3 is 0 Å². The third-order valence-corrected chi connectivity index (χ3v) is 3.75. The molecule has 0 spiro atoms. The zero-order chi connectivity index (χ0) is 17.5. The van der Waals surface area contributed by atoms with E-state index in [1.807, 2.05) is 13.0 Å². The first-order chi connectivity index (χ1) is 11.0. The Hall–Kier alpha value is -1.22. The molecule has 0 aromatic rings. The second kappa shape index (κ2) is 14.4. The summed E-state index contributed by atoms with van der Waals surface area (Å²) >= 11 is 0. The van der Waals surface area contributed by atoms with Gasteiger partial charge in [-0.1, -0.05) is 31.9 Å². The molecule has 0 radical (unpaired) electrons. The lowest BCUT2D eigenvalue weighted by Gasteiger charge is -2.15. The molecule has 0 aliphatic heterocycles. The molecule has 0 aromatic carbocycles. The fourth-order valence-electron chi connectivity index (χ4n) is 2.10. The van der Waals surface area contributed by atoms with E-state index in [0.717, 1.165) is 51.2 Å². The predicted octanol–water partition coefficient (Wildman–Crippen LogP) is 5.16. The highest BCUT2D eigenvalue weighted by atomic mass is 16.5. The van der Waals surface area contributed by atoms with E-state index in [0.29, 0.717) is 5.92 Å². The Morgan fingerprint density at radius 3 is 2.65 bits per heavy atom. The summed E-state index contributed by atoms with van der Waals surface area (Å²) < 4.78 is 11.0. The highest BCUT2D eigenvalue weighted by molar-refractivity contribution is 5.12. The second-order valence-electron chi connectivity index (χ2n) is 6.27. The standard InChI is InChI=1S/C20H37NO2/c1-7-11-20(23-17-18(3)8-2)13-9-12-19(4)16-21(5)14-10-15-22-6/h7,11,13,16,18H,8-10,12,14-15,17H2,1-6H3/b11-7-,19-16-,20-13?. The van der Waals surface area contributed by atoms with Gasteiger partial charge < -0.3 is 14.4 Å². The predicted molar refractivity (Wildman–Crippen MR) is 100 cm³/mol. The van der Waals surface area contributed by atoms with E-state index in [1.54, 1.807) is 7.11 Å². The zero-order valence-corrected chi connectivity index (χ0v) is 16.1. The number of allylic oxidation sites excluding steroid dienone is 4. The monoisotopic (exact) mass is 323 g/mol. The molecule has 0 aliphatic rings. The van der Waals surface area contributed by atoms with Crippen molar-refractivity contribution in [3.05, 3.63) is 35.8 Å². The van der Waals surface area contributed by atoms with Crippen LogP contribution in [-0.2, 0) is 9.47 Å². The molecule has 0 N–H and O–H groups in total. The van der Waals surface area contributed by atoms with Crippen LogP contribution in [0, 0.1) is 5.92 Å². The first-order valence-electron chi connectivity index (χ1n) is 8.85. The molecule has 0 aromatic heterocycles. The maximum Gasteiger partial charge on any atom is 0.115 e. The molecular weight excluding hydrogens is 286 g/mol. The van der Waals surface area contributed by atoms with Gasteiger partial charge in [-0.15, -0.1) is 0 Å². The van der Waals surface area contributed by atoms with E-state index in [9.17, 15) is 0 Å². The largest absolute Gasteiger partial charge is 0.494 e. The second-order valence-corrected chi connectivity index (χ2v) is 6.27. The van der Waals surface area contributed by atoms with Crippen LogP contribution in [0.3, 0.4) is 0 Å². The summed E-state index contributed by atoms with van der Waals surface area (Å²) in [6, 6.07) is 0. The molecular formula is C20H37NO2. The lowest BCUT2D eigenvalue weighted by atomic mass is 10.1. The van der Waals surface area contributed by atoms with Crippen LogP contribution in [0.4, 0.5) is 0 Å². The summed E-state index contributed by atoms with van der Waals surface area (Å²) in [7, 11) is 3.87. The van der Waals surface area contributed by atoms with Crippen LogP contribution in [0.15, 0.2) is 35.8 Å². The van der Waals surface area contributed by atoms with Crippen molar-refractivity contribution >= 4 is 0 Å². The van der Waals surface area contributed by atoms with Crippen molar-refractivity contribution in [3.63, 3.8) is 0 Å². The molecule has 3 nitrogen and oxygen atoms in total. The van der Waals surface area contributed by atoms with Gasteiger partial charge in [0, 0.05) is 27.3 Å². The van der Waals surface area contributed by atoms with Crippen LogP contribution < -0.4 is 0 Å². The van der Waals surface area contributed by atoms with Gasteiger partial charge in [-0.05, 0) is 57.4 Å². The Balaban J connectivity index is 4.26. The fraction of sp³-hybridized carbons (Fsp3) is 0.700. The Morgan fingerprint density at radius 2 is 2.04 bits per heavy atom. The summed E-state index contributed by atoms with van der Waals surface area (Å²) in [5.74, 6) is 1.60. The number of hydrogen-bond donors (Lipinski definition) is 0. The summed E-state index contributed by atoms with van der Waals surface area (Å²) in [5.41, 5.74) is 1.39. The van der Waals surface area contributed by atoms with E-state index in [-0.39, 0.29) is 0 Å². The van der Waals surface area contributed by atoms with E-state index in [2.05, 4.69) is 51.1 Å². The number of hydrogen-bond acceptors (Lipinski definition) is 3. The molecule has 1 atom stereocenters. The van der Waals surface area contributed by atoms with Crippen molar-refractivity contribution in [1.82, 2.24) is 4.90 Å². The van der Waals surface area contributed by atoms with Gasteiger partial charge in [0.1, 0.15) is 5.76 Å². The highest BCUT2D eigenvalue weighted by Crippen LogP contribution is 2.12. The molecule has 134 valence electrons. The van der Waals surface area contributed by atoms with Crippen molar-refractivity contribution in [3.8, 4) is 0 Å². The Labute approximate surface area is 144 Å². The van der Waals surface area contributed by atoms with Crippen molar-refractivity contribution in [2.45, 2.75) is 53.4 Å². The van der Waals surface area contributed by atoms with E-state index in [1.165, 1.54) is 5.57 Å². The van der Waals surface area contributed by atoms with Crippen molar-refractivity contribution in [1.29, 1.82) is 0 Å². The molecule has 1 unspecified atom stereocenters. The van der Waals surface area contributed by atoms with Crippen molar-refractivity contribution < 1.29 is 9.47 Å². The maximum absolute atomic E-state index is 5.89. The molecule has 0 rings (SSSR count). The molecule has 0 saturated heterocycles. The van der Waals surface area contributed by atoms with Gasteiger partial charge in [0.2, 0.25) is 0 Å². The molecule has 3 heteroatoms. The Bertz CT molecular complexity index is 372. The molecule has 0 saturated carbocycles. The quantitative estimate of drug-likeness (QED) is 0.265. The number of methoxy groups -OCH3 is 1. The fourth-order valence-corrected chi connectivity index (χ4v) is 2.10. The molecule has 0 fully saturated rings. The van der Waals surface area contributed by atoms with Crippen LogP contribution in [0.25, 0.3) is 0 Å². The van der Waals surface area contributed by atoms with Gasteiger partial charge in [-0.3, -0.25) is 0 Å². The summed E-state index contributed by atoms with van der Waals surface area (Å²) in [6.07, 6.45) is 12.8. The Kier molecular flexibility index (Phi) is 13.6. The molecule has 0 bridgehead atoms. The van der Waals surface area contributed by atoms with Gasteiger partial charge in [-0.2, -0.15) is 0 Å². The summed E-state index contributed by atoms with van der Waals surface area (Å²) in [6.45, 7) is 11.3. The van der Waals surface area contributed by atoms with Gasteiger partial charge in [0.15, 0.2) is 0 Å². The zero-order valence-electron chi connectivity index (χ0n) is 16.1. The number of ether oxygens (including phenoxy) is 2. The van der Waals surface area contributed by atoms with Crippen LogP contribution in [-0.4, -0.2) is 38.8 Å². The SMILES string of the molecule is C/C=C\C(=CCC/C(C)=C\N(C)CCCOC)OCC(C)CC. The third kappa shape index (κ3) is 13.0. The smallest absolute Gasteiger partial charge is 0.115 e. The minimum atomic E-state index is 0.603. The van der Waals surface area contributed by atoms with Crippen LogP contribution in [0.2, 0.25) is 0 Å². The normalized spacial score (nSPS) is 14.3. The summed E-state index contributed by atoms with van der Waals surface area (Å²) in [4.78, 5) is 2.24. The molecule has 23 heavy (non-hydrogen) atoms. The third-order valence-electron chi connectivity index (χ3n) is 3.75. The van der Waals surface area contributed by atoms with Crippen LogP contribution in [0.5, 0.6) is 0 Å². The molecule has 0 amide bonds. The lowest BCUT2D eigenvalue weighted by Crippen LogP contribution is -2.14. The lowest BCUT2D eigenvalue weighted by molar-refractivity contribution is 0.179. The average molecular weight is 324 g/mol.